The highest BCUT2D eigenvalue weighted by atomic mass is 16.5. The molecule has 0 unspecified atom stereocenters. The predicted molar refractivity (Wildman–Crippen MR) is 241 cm³/mol. The highest BCUT2D eigenvalue weighted by Gasteiger charge is 2.20. The molecule has 324 valence electrons. The van der Waals surface area contributed by atoms with Crippen molar-refractivity contribution in [3.63, 3.8) is 0 Å². The second-order valence-electron chi connectivity index (χ2n) is 15.7. The van der Waals surface area contributed by atoms with Crippen molar-refractivity contribution < 1.29 is 38.6 Å². The van der Waals surface area contributed by atoms with Crippen LogP contribution in [0.5, 0.6) is 34.5 Å². The van der Waals surface area contributed by atoms with E-state index in [1.165, 1.54) is 0 Å². The molecule has 0 bridgehead atoms. The second-order valence-corrected chi connectivity index (χ2v) is 15.7. The van der Waals surface area contributed by atoms with Crippen LogP contribution >= 0.6 is 0 Å². The Kier molecular flexibility index (Phi) is 22.7. The monoisotopic (exact) mass is 805 g/mol. The molecule has 58 heavy (non-hydrogen) atoms. The maximum Gasteiger partial charge on any atom is 0.161 e. The van der Waals surface area contributed by atoms with Gasteiger partial charge in [-0.25, -0.2) is 0 Å². The van der Waals surface area contributed by atoms with E-state index in [0.29, 0.717) is 39.6 Å². The first-order valence-corrected chi connectivity index (χ1v) is 23.1. The maximum absolute atomic E-state index is 9.28. The summed E-state index contributed by atoms with van der Waals surface area (Å²) in [5.74, 6) is 4.52. The quantitative estimate of drug-likeness (QED) is 0.0356. The van der Waals surface area contributed by atoms with E-state index in [1.54, 1.807) is 0 Å². The van der Waals surface area contributed by atoms with Crippen molar-refractivity contribution in [2.75, 3.05) is 52.9 Å². The summed E-state index contributed by atoms with van der Waals surface area (Å²) in [6.45, 7) is 12.9. The summed E-state index contributed by atoms with van der Waals surface area (Å²) in [7, 11) is 0. The first-order valence-electron chi connectivity index (χ1n) is 23.1. The third-order valence-corrected chi connectivity index (χ3v) is 10.8. The van der Waals surface area contributed by atoms with Crippen molar-refractivity contribution in [3.05, 3.63) is 36.4 Å². The standard InChI is InChI=1S/C50H76O8/c1-5-9-19-27-53-45-33-39-40(34-46(45)54-28-20-10-6-2)43-37-49(57-31-23-15-13-17-25-51)48(56-30-22-12-8-4)36-42(43)44-38-50(58-32-24-16-14-18-26-52)47(35-41(39)44)55-29-21-11-7-3/h33-38,51-52H,5-32H2,1-4H3. The molecule has 0 aromatic heterocycles. The number of hydrogen-bond donors (Lipinski definition) is 2. The van der Waals surface area contributed by atoms with Crippen LogP contribution in [0.25, 0.3) is 32.3 Å². The summed E-state index contributed by atoms with van der Waals surface area (Å²) in [5, 5.41) is 24.9. The minimum Gasteiger partial charge on any atom is -0.490 e. The van der Waals surface area contributed by atoms with Crippen molar-refractivity contribution in [1.82, 2.24) is 0 Å². The van der Waals surface area contributed by atoms with Gasteiger partial charge in [-0.2, -0.15) is 0 Å². The Bertz CT molecular complexity index is 1680. The molecule has 0 saturated heterocycles. The number of aliphatic hydroxyl groups excluding tert-OH is 2. The van der Waals surface area contributed by atoms with Gasteiger partial charge in [-0.05, 0) is 133 Å². The molecule has 0 radical (unpaired) electrons. The lowest BCUT2D eigenvalue weighted by atomic mass is 9.93. The fourth-order valence-corrected chi connectivity index (χ4v) is 7.33. The number of benzene rings is 4. The fourth-order valence-electron chi connectivity index (χ4n) is 7.33. The lowest BCUT2D eigenvalue weighted by molar-refractivity contribution is 0.255. The third kappa shape index (κ3) is 14.9. The van der Waals surface area contributed by atoms with E-state index in [-0.39, 0.29) is 13.2 Å². The van der Waals surface area contributed by atoms with Gasteiger partial charge in [0.25, 0.3) is 0 Å². The van der Waals surface area contributed by atoms with Crippen LogP contribution < -0.4 is 28.4 Å². The van der Waals surface area contributed by atoms with Gasteiger partial charge in [0, 0.05) is 13.2 Å². The first-order chi connectivity index (χ1) is 28.6. The summed E-state index contributed by atoms with van der Waals surface area (Å²) >= 11 is 0. The summed E-state index contributed by atoms with van der Waals surface area (Å²) in [4.78, 5) is 0. The van der Waals surface area contributed by atoms with E-state index in [1.807, 2.05) is 0 Å². The lowest BCUT2D eigenvalue weighted by Gasteiger charge is -2.21. The van der Waals surface area contributed by atoms with Gasteiger partial charge in [0.1, 0.15) is 0 Å². The molecule has 0 aliphatic heterocycles. The zero-order chi connectivity index (χ0) is 41.2. The number of hydrogen-bond acceptors (Lipinski definition) is 8. The minimum absolute atomic E-state index is 0.224. The molecule has 0 fully saturated rings. The van der Waals surface area contributed by atoms with E-state index in [2.05, 4.69) is 64.1 Å². The summed E-state index contributed by atoms with van der Waals surface area (Å²) in [6.07, 6.45) is 20.3. The van der Waals surface area contributed by atoms with E-state index < -0.39 is 0 Å². The van der Waals surface area contributed by atoms with Crippen molar-refractivity contribution >= 4 is 32.3 Å². The second kappa shape index (κ2) is 28.0. The van der Waals surface area contributed by atoms with Crippen LogP contribution in [-0.4, -0.2) is 63.1 Å². The van der Waals surface area contributed by atoms with Crippen LogP contribution in [0.1, 0.15) is 156 Å². The largest absolute Gasteiger partial charge is 0.490 e. The van der Waals surface area contributed by atoms with Crippen LogP contribution in [0.4, 0.5) is 0 Å². The van der Waals surface area contributed by atoms with E-state index in [0.717, 1.165) is 195 Å². The SMILES string of the molecule is CCCCCOc1cc2c(cc1OCCCCC)c1cc(OCCCCCCO)c(OCCCCC)cc1c1cc(OCCCCCCO)c(OCCCCC)cc21. The van der Waals surface area contributed by atoms with Gasteiger partial charge in [0.05, 0.1) is 39.6 Å². The molecule has 0 heterocycles. The average Bonchev–Trinajstić information content (AvgIpc) is 3.24. The molecule has 0 atom stereocenters. The molecule has 0 aliphatic carbocycles. The number of unbranched alkanes of at least 4 members (excludes halogenated alkanes) is 14. The van der Waals surface area contributed by atoms with Gasteiger partial charge in [-0.3, -0.25) is 0 Å². The fraction of sp³-hybridized carbons (Fsp3) is 0.640. The zero-order valence-electron chi connectivity index (χ0n) is 36.6. The summed E-state index contributed by atoms with van der Waals surface area (Å²) in [6, 6.07) is 13.0. The normalized spacial score (nSPS) is 11.5. The Morgan fingerprint density at radius 2 is 0.466 bits per heavy atom. The van der Waals surface area contributed by atoms with Gasteiger partial charge >= 0.3 is 0 Å². The lowest BCUT2D eigenvalue weighted by Crippen LogP contribution is -2.05. The summed E-state index contributed by atoms with van der Waals surface area (Å²) in [5.41, 5.74) is 0. The van der Waals surface area contributed by atoms with Crippen LogP contribution in [0.15, 0.2) is 36.4 Å². The molecule has 4 aromatic rings. The van der Waals surface area contributed by atoms with Gasteiger partial charge in [-0.15, -0.1) is 0 Å². The van der Waals surface area contributed by atoms with Gasteiger partial charge in [0.2, 0.25) is 0 Å². The Morgan fingerprint density at radius 3 is 0.655 bits per heavy atom. The Balaban J connectivity index is 1.95. The van der Waals surface area contributed by atoms with Crippen molar-refractivity contribution in [2.45, 2.75) is 156 Å². The molecule has 0 saturated carbocycles. The highest BCUT2D eigenvalue weighted by molar-refractivity contribution is 6.26. The van der Waals surface area contributed by atoms with Crippen LogP contribution in [0.3, 0.4) is 0 Å². The number of rotatable bonds is 34. The highest BCUT2D eigenvalue weighted by Crippen LogP contribution is 2.47. The molecule has 0 spiro atoms. The number of aliphatic hydroxyl groups is 2. The molecule has 0 aliphatic rings. The van der Waals surface area contributed by atoms with Gasteiger partial charge in [0.15, 0.2) is 34.5 Å². The van der Waals surface area contributed by atoms with Gasteiger partial charge < -0.3 is 38.6 Å². The Morgan fingerprint density at radius 1 is 0.276 bits per heavy atom. The van der Waals surface area contributed by atoms with Crippen LogP contribution in [0.2, 0.25) is 0 Å². The van der Waals surface area contributed by atoms with Crippen molar-refractivity contribution in [3.8, 4) is 34.5 Å². The van der Waals surface area contributed by atoms with Crippen LogP contribution in [-0.2, 0) is 0 Å². The molecule has 0 amide bonds. The smallest absolute Gasteiger partial charge is 0.161 e. The first kappa shape index (κ1) is 47.1. The molecular formula is C50H76O8. The summed E-state index contributed by atoms with van der Waals surface area (Å²) < 4.78 is 39.3. The predicted octanol–water partition coefficient (Wildman–Crippen LogP) is 13.3. The number of ether oxygens (including phenoxy) is 6. The molecular weight excluding hydrogens is 729 g/mol. The maximum atomic E-state index is 9.28. The van der Waals surface area contributed by atoms with Gasteiger partial charge in [-0.1, -0.05) is 91.9 Å². The van der Waals surface area contributed by atoms with Crippen molar-refractivity contribution in [1.29, 1.82) is 0 Å². The van der Waals surface area contributed by atoms with Crippen LogP contribution in [0, 0.1) is 0 Å². The molecule has 4 rings (SSSR count). The Labute approximate surface area is 349 Å². The third-order valence-electron chi connectivity index (χ3n) is 10.8. The van der Waals surface area contributed by atoms with E-state index in [4.69, 9.17) is 28.4 Å². The minimum atomic E-state index is 0.224. The molecule has 8 heteroatoms. The topological polar surface area (TPSA) is 95.8 Å². The van der Waals surface area contributed by atoms with Crippen molar-refractivity contribution in [2.24, 2.45) is 0 Å². The zero-order valence-corrected chi connectivity index (χ0v) is 36.6. The molecule has 4 aromatic carbocycles. The molecule has 2 N–H and O–H groups in total. The van der Waals surface area contributed by atoms with E-state index >= 15 is 0 Å². The number of fused-ring (bicyclic) bond motifs is 6. The van der Waals surface area contributed by atoms with E-state index in [9.17, 15) is 10.2 Å². The average molecular weight is 805 g/mol. The molecule has 8 nitrogen and oxygen atoms in total. The Hall–Kier alpha value is -3.62.